The van der Waals surface area contributed by atoms with Crippen LogP contribution in [-0.4, -0.2) is 23.1 Å². The van der Waals surface area contributed by atoms with Gasteiger partial charge in [-0.2, -0.15) is 0 Å². The van der Waals surface area contributed by atoms with Gasteiger partial charge in [-0.1, -0.05) is 0 Å². The molecule has 1 aliphatic heterocycles. The molecule has 4 nitrogen and oxygen atoms in total. The molecule has 0 aliphatic carbocycles. The normalized spacial score (nSPS) is 20.6. The lowest BCUT2D eigenvalue weighted by atomic mass is 9.99. The summed E-state index contributed by atoms with van der Waals surface area (Å²) < 4.78 is 5.40. The van der Waals surface area contributed by atoms with E-state index in [1.165, 1.54) is 12.8 Å². The molecule has 1 fully saturated rings. The van der Waals surface area contributed by atoms with Crippen molar-refractivity contribution >= 4 is 0 Å². The Morgan fingerprint density at radius 3 is 3.12 bits per heavy atom. The summed E-state index contributed by atoms with van der Waals surface area (Å²) in [6.07, 6.45) is 4.11. The van der Waals surface area contributed by atoms with E-state index < -0.39 is 0 Å². The molecular formula is C13H17N3O. The van der Waals surface area contributed by atoms with Gasteiger partial charge in [-0.25, -0.2) is 4.98 Å². The minimum atomic E-state index is 0.506. The predicted octanol–water partition coefficient (Wildman–Crippen LogP) is 2.45. The molecule has 0 spiro atoms. The van der Waals surface area contributed by atoms with Gasteiger partial charge in [-0.3, -0.25) is 0 Å². The van der Waals surface area contributed by atoms with Gasteiger partial charge in [-0.05, 0) is 38.4 Å². The topological polar surface area (TPSA) is 53.9 Å². The molecule has 2 N–H and O–H groups in total. The minimum absolute atomic E-state index is 0.506. The van der Waals surface area contributed by atoms with Crippen LogP contribution in [0.15, 0.2) is 22.8 Å². The number of furan rings is 1. The van der Waals surface area contributed by atoms with Gasteiger partial charge in [0.25, 0.3) is 0 Å². The maximum absolute atomic E-state index is 5.40. The largest absolute Gasteiger partial charge is 0.463 e. The lowest BCUT2D eigenvalue weighted by molar-refractivity contribution is 0.448. The zero-order valence-corrected chi connectivity index (χ0v) is 9.99. The van der Waals surface area contributed by atoms with Gasteiger partial charge in [0.1, 0.15) is 11.5 Å². The van der Waals surface area contributed by atoms with Crippen LogP contribution in [-0.2, 0) is 0 Å². The van der Waals surface area contributed by atoms with Gasteiger partial charge < -0.3 is 14.7 Å². The predicted molar refractivity (Wildman–Crippen MR) is 65.9 cm³/mol. The first-order valence-electron chi connectivity index (χ1n) is 6.15. The number of hydrogen-bond acceptors (Lipinski definition) is 3. The highest BCUT2D eigenvalue weighted by Gasteiger charge is 2.20. The number of hydrogen-bond donors (Lipinski definition) is 2. The molecule has 1 aliphatic rings. The summed E-state index contributed by atoms with van der Waals surface area (Å²) in [4.78, 5) is 8.08. The van der Waals surface area contributed by atoms with E-state index in [1.807, 2.05) is 19.1 Å². The molecule has 0 radical (unpaired) electrons. The molecule has 2 aromatic heterocycles. The van der Waals surface area contributed by atoms with Gasteiger partial charge in [0.15, 0.2) is 5.76 Å². The Bertz CT molecular complexity index is 481. The summed E-state index contributed by atoms with van der Waals surface area (Å²) in [5.74, 6) is 2.43. The van der Waals surface area contributed by atoms with E-state index in [0.717, 1.165) is 36.1 Å². The summed E-state index contributed by atoms with van der Waals surface area (Å²) in [5.41, 5.74) is 2.02. The Morgan fingerprint density at radius 1 is 1.47 bits per heavy atom. The molecule has 3 heterocycles. The van der Waals surface area contributed by atoms with Gasteiger partial charge >= 0.3 is 0 Å². The highest BCUT2D eigenvalue weighted by molar-refractivity contribution is 5.55. The Labute approximate surface area is 100 Å². The summed E-state index contributed by atoms with van der Waals surface area (Å²) >= 11 is 0. The maximum Gasteiger partial charge on any atom is 0.154 e. The standard InChI is InChI=1S/C13H17N3O/c1-9-12(11-5-3-7-17-11)16-13(15-9)10-4-2-6-14-8-10/h3,5,7,10,14H,2,4,6,8H2,1H3,(H,15,16). The van der Waals surface area contributed by atoms with E-state index in [0.29, 0.717) is 5.92 Å². The lowest BCUT2D eigenvalue weighted by Crippen LogP contribution is -2.28. The van der Waals surface area contributed by atoms with Crippen LogP contribution in [0, 0.1) is 6.92 Å². The van der Waals surface area contributed by atoms with Gasteiger partial charge in [0.2, 0.25) is 0 Å². The molecule has 2 aromatic rings. The lowest BCUT2D eigenvalue weighted by Gasteiger charge is -2.20. The van der Waals surface area contributed by atoms with E-state index in [9.17, 15) is 0 Å². The number of imidazole rings is 1. The summed E-state index contributed by atoms with van der Waals surface area (Å²) in [5, 5.41) is 3.41. The van der Waals surface area contributed by atoms with Crippen molar-refractivity contribution in [3.63, 3.8) is 0 Å². The molecule has 4 heteroatoms. The average molecular weight is 231 g/mol. The van der Waals surface area contributed by atoms with E-state index in [-0.39, 0.29) is 0 Å². The second-order valence-electron chi connectivity index (χ2n) is 4.62. The van der Waals surface area contributed by atoms with Crippen molar-refractivity contribution in [2.24, 2.45) is 0 Å². The summed E-state index contributed by atoms with van der Waals surface area (Å²) in [6, 6.07) is 3.84. The zero-order chi connectivity index (χ0) is 11.7. The van der Waals surface area contributed by atoms with Crippen molar-refractivity contribution in [2.45, 2.75) is 25.7 Å². The monoisotopic (exact) mass is 231 g/mol. The summed E-state index contributed by atoms with van der Waals surface area (Å²) in [6.45, 7) is 4.19. The number of aryl methyl sites for hydroxylation is 1. The first-order chi connectivity index (χ1) is 8.34. The average Bonchev–Trinajstić information content (AvgIpc) is 2.99. The van der Waals surface area contributed by atoms with Crippen molar-refractivity contribution in [1.29, 1.82) is 0 Å². The molecular weight excluding hydrogens is 214 g/mol. The van der Waals surface area contributed by atoms with Crippen molar-refractivity contribution in [3.05, 3.63) is 29.9 Å². The zero-order valence-electron chi connectivity index (χ0n) is 9.99. The Balaban J connectivity index is 1.90. The maximum atomic E-state index is 5.40. The van der Waals surface area contributed by atoms with Crippen LogP contribution < -0.4 is 5.32 Å². The Morgan fingerprint density at radius 2 is 2.41 bits per heavy atom. The van der Waals surface area contributed by atoms with E-state index in [2.05, 4.69) is 15.3 Å². The van der Waals surface area contributed by atoms with Crippen LogP contribution in [0.25, 0.3) is 11.5 Å². The molecule has 1 unspecified atom stereocenters. The fourth-order valence-electron chi connectivity index (χ4n) is 2.42. The SMILES string of the molecule is Cc1[nH]c(C2CCCNC2)nc1-c1ccco1. The molecule has 90 valence electrons. The van der Waals surface area contributed by atoms with Gasteiger partial charge in [-0.15, -0.1) is 0 Å². The van der Waals surface area contributed by atoms with Gasteiger partial charge in [0.05, 0.1) is 6.26 Å². The third-order valence-electron chi connectivity index (χ3n) is 3.34. The van der Waals surface area contributed by atoms with Crippen molar-refractivity contribution in [1.82, 2.24) is 15.3 Å². The van der Waals surface area contributed by atoms with E-state index in [1.54, 1.807) is 6.26 Å². The molecule has 0 bridgehead atoms. The molecule has 0 amide bonds. The summed E-state index contributed by atoms with van der Waals surface area (Å²) in [7, 11) is 0. The molecule has 0 saturated carbocycles. The smallest absolute Gasteiger partial charge is 0.154 e. The molecule has 1 saturated heterocycles. The third-order valence-corrected chi connectivity index (χ3v) is 3.34. The number of aromatic amines is 1. The van der Waals surface area contributed by atoms with Crippen molar-refractivity contribution < 1.29 is 4.42 Å². The number of nitrogens with one attached hydrogen (secondary N) is 2. The van der Waals surface area contributed by atoms with Crippen LogP contribution in [0.5, 0.6) is 0 Å². The fourth-order valence-corrected chi connectivity index (χ4v) is 2.42. The number of H-pyrrole nitrogens is 1. The third kappa shape index (κ3) is 2.00. The van der Waals surface area contributed by atoms with Crippen LogP contribution in [0.2, 0.25) is 0 Å². The highest BCUT2D eigenvalue weighted by Crippen LogP contribution is 2.26. The van der Waals surface area contributed by atoms with Crippen LogP contribution >= 0.6 is 0 Å². The fraction of sp³-hybridized carbons (Fsp3) is 0.462. The van der Waals surface area contributed by atoms with E-state index in [4.69, 9.17) is 4.42 Å². The van der Waals surface area contributed by atoms with Crippen LogP contribution in [0.1, 0.15) is 30.3 Å². The first kappa shape index (κ1) is 10.6. The van der Waals surface area contributed by atoms with E-state index >= 15 is 0 Å². The molecule has 1 atom stereocenters. The Kier molecular flexibility index (Phi) is 2.73. The van der Waals surface area contributed by atoms with Crippen LogP contribution in [0.4, 0.5) is 0 Å². The number of aromatic nitrogens is 2. The molecule has 0 aromatic carbocycles. The number of piperidine rings is 1. The minimum Gasteiger partial charge on any atom is -0.463 e. The quantitative estimate of drug-likeness (QED) is 0.834. The van der Waals surface area contributed by atoms with Crippen molar-refractivity contribution in [3.8, 4) is 11.5 Å². The first-order valence-corrected chi connectivity index (χ1v) is 6.15. The second-order valence-corrected chi connectivity index (χ2v) is 4.62. The van der Waals surface area contributed by atoms with Crippen molar-refractivity contribution in [2.75, 3.05) is 13.1 Å². The van der Waals surface area contributed by atoms with Crippen LogP contribution in [0.3, 0.4) is 0 Å². The van der Waals surface area contributed by atoms with Gasteiger partial charge in [0, 0.05) is 18.2 Å². The second kappa shape index (κ2) is 4.37. The molecule has 3 rings (SSSR count). The molecule has 17 heavy (non-hydrogen) atoms. The number of nitrogens with zero attached hydrogens (tertiary/aromatic N) is 1. The Hall–Kier alpha value is -1.55. The highest BCUT2D eigenvalue weighted by atomic mass is 16.3. The number of rotatable bonds is 2.